The minimum absolute atomic E-state index is 0.532. The van der Waals surface area contributed by atoms with Crippen molar-refractivity contribution in [1.82, 2.24) is 0 Å². The molecule has 0 radical (unpaired) electrons. The topological polar surface area (TPSA) is 178 Å². The lowest BCUT2D eigenvalue weighted by Crippen LogP contribution is -2.32. The van der Waals surface area contributed by atoms with Gasteiger partial charge in [0.1, 0.15) is 6.04 Å². The Hall–Kier alpha value is -0.990. The molecule has 0 aliphatic rings. The SMILES string of the molecule is NC(CC(=O)O)C(=O)O.O=P(O)(O)O. The van der Waals surface area contributed by atoms with E-state index in [0.29, 0.717) is 0 Å². The summed E-state index contributed by atoms with van der Waals surface area (Å²) in [7, 11) is -4.64. The van der Waals surface area contributed by atoms with E-state index in [1.165, 1.54) is 0 Å². The summed E-state index contributed by atoms with van der Waals surface area (Å²) >= 11 is 0. The maximum absolute atomic E-state index is 9.85. The van der Waals surface area contributed by atoms with Gasteiger partial charge in [0, 0.05) is 0 Å². The summed E-state index contributed by atoms with van der Waals surface area (Å²) in [5.41, 5.74) is 4.84. The van der Waals surface area contributed by atoms with E-state index in [0.717, 1.165) is 0 Å². The molecule has 9 nitrogen and oxygen atoms in total. The van der Waals surface area contributed by atoms with Crippen molar-refractivity contribution in [2.75, 3.05) is 0 Å². The number of rotatable bonds is 3. The molecule has 84 valence electrons. The van der Waals surface area contributed by atoms with Crippen molar-refractivity contribution in [3.05, 3.63) is 0 Å². The van der Waals surface area contributed by atoms with Gasteiger partial charge in [-0.25, -0.2) is 4.57 Å². The second kappa shape index (κ2) is 6.46. The molecule has 0 spiro atoms. The van der Waals surface area contributed by atoms with Crippen molar-refractivity contribution in [2.24, 2.45) is 5.73 Å². The maximum Gasteiger partial charge on any atom is 0.466 e. The fraction of sp³-hybridized carbons (Fsp3) is 0.500. The lowest BCUT2D eigenvalue weighted by Gasteiger charge is -1.99. The first-order valence-corrected chi connectivity index (χ1v) is 4.59. The van der Waals surface area contributed by atoms with Crippen LogP contribution in [0.1, 0.15) is 6.42 Å². The molecule has 1 unspecified atom stereocenters. The summed E-state index contributed by atoms with van der Waals surface area (Å²) in [4.78, 5) is 41.2. The molecule has 0 bridgehead atoms. The van der Waals surface area contributed by atoms with Crippen LogP contribution in [0.4, 0.5) is 0 Å². The molecule has 0 aromatic rings. The summed E-state index contributed by atoms with van der Waals surface area (Å²) in [5, 5.41) is 16.0. The van der Waals surface area contributed by atoms with Crippen molar-refractivity contribution in [1.29, 1.82) is 0 Å². The lowest BCUT2D eigenvalue weighted by molar-refractivity contribution is -0.144. The van der Waals surface area contributed by atoms with Crippen molar-refractivity contribution in [3.63, 3.8) is 0 Å². The zero-order chi connectivity index (χ0) is 11.9. The lowest BCUT2D eigenvalue weighted by atomic mass is 10.2. The van der Waals surface area contributed by atoms with Gasteiger partial charge < -0.3 is 30.6 Å². The Morgan fingerprint density at radius 2 is 1.50 bits per heavy atom. The van der Waals surface area contributed by atoms with E-state index in [4.69, 9.17) is 35.2 Å². The van der Waals surface area contributed by atoms with Gasteiger partial charge in [0.25, 0.3) is 0 Å². The molecule has 0 saturated heterocycles. The number of nitrogens with two attached hydrogens (primary N) is 1. The molecular weight excluding hydrogens is 221 g/mol. The molecule has 0 fully saturated rings. The van der Waals surface area contributed by atoms with Gasteiger partial charge in [-0.05, 0) is 0 Å². The van der Waals surface area contributed by atoms with Crippen LogP contribution in [0.2, 0.25) is 0 Å². The molecule has 0 aromatic heterocycles. The number of aliphatic carboxylic acids is 2. The minimum Gasteiger partial charge on any atom is -0.481 e. The minimum atomic E-state index is -4.64. The van der Waals surface area contributed by atoms with Gasteiger partial charge in [0.15, 0.2) is 0 Å². The van der Waals surface area contributed by atoms with Crippen molar-refractivity contribution < 1.29 is 39.0 Å². The van der Waals surface area contributed by atoms with Crippen LogP contribution in [0, 0.1) is 0 Å². The molecule has 0 heterocycles. The van der Waals surface area contributed by atoms with Crippen LogP contribution in [0.25, 0.3) is 0 Å². The van der Waals surface area contributed by atoms with Crippen LogP contribution in [-0.4, -0.2) is 42.9 Å². The van der Waals surface area contributed by atoms with Gasteiger partial charge in [0.2, 0.25) is 0 Å². The smallest absolute Gasteiger partial charge is 0.466 e. The van der Waals surface area contributed by atoms with Gasteiger partial charge >= 0.3 is 19.8 Å². The van der Waals surface area contributed by atoms with Gasteiger partial charge in [-0.2, -0.15) is 0 Å². The molecular formula is C4H10NO8P. The number of hydrogen-bond donors (Lipinski definition) is 6. The molecule has 0 aromatic carbocycles. The highest BCUT2D eigenvalue weighted by Crippen LogP contribution is 2.25. The maximum atomic E-state index is 9.85. The van der Waals surface area contributed by atoms with Gasteiger partial charge in [-0.15, -0.1) is 0 Å². The number of hydrogen-bond acceptors (Lipinski definition) is 4. The van der Waals surface area contributed by atoms with Crippen LogP contribution in [0.15, 0.2) is 0 Å². The molecule has 0 rings (SSSR count). The van der Waals surface area contributed by atoms with Crippen molar-refractivity contribution in [2.45, 2.75) is 12.5 Å². The quantitative estimate of drug-likeness (QED) is 0.298. The van der Waals surface area contributed by atoms with Crippen LogP contribution in [-0.2, 0) is 14.2 Å². The zero-order valence-corrected chi connectivity index (χ0v) is 7.66. The van der Waals surface area contributed by atoms with E-state index < -0.39 is 32.2 Å². The Morgan fingerprint density at radius 3 is 1.57 bits per heavy atom. The fourth-order valence-electron chi connectivity index (χ4n) is 0.275. The van der Waals surface area contributed by atoms with Crippen LogP contribution < -0.4 is 5.73 Å². The summed E-state index contributed by atoms with van der Waals surface area (Å²) in [6, 6.07) is -1.29. The normalized spacial score (nSPS) is 12.3. The highest BCUT2D eigenvalue weighted by molar-refractivity contribution is 7.45. The second-order valence-electron chi connectivity index (χ2n) is 2.06. The second-order valence-corrected chi connectivity index (χ2v) is 3.08. The molecule has 14 heavy (non-hydrogen) atoms. The van der Waals surface area contributed by atoms with Gasteiger partial charge in [-0.1, -0.05) is 0 Å². The Kier molecular flexibility index (Phi) is 7.15. The van der Waals surface area contributed by atoms with Crippen LogP contribution >= 0.6 is 7.82 Å². The first-order valence-electron chi connectivity index (χ1n) is 3.02. The number of phosphoric acid groups is 1. The summed E-state index contributed by atoms with van der Waals surface area (Å²) in [6.07, 6.45) is -0.532. The molecule has 1 atom stereocenters. The predicted molar refractivity (Wildman–Crippen MR) is 42.1 cm³/mol. The van der Waals surface area contributed by atoms with Crippen LogP contribution in [0.3, 0.4) is 0 Å². The number of carboxylic acids is 2. The highest BCUT2D eigenvalue weighted by Gasteiger charge is 2.14. The molecule has 0 aliphatic heterocycles. The number of carbonyl (C=O) groups is 2. The van der Waals surface area contributed by atoms with E-state index in [1.807, 2.05) is 0 Å². The molecule has 7 N–H and O–H groups in total. The standard InChI is InChI=1S/C4H7NO4.H3O4P/c5-2(4(8)9)1-3(6)7;1-5(2,3)4/h2H,1,5H2,(H,6,7)(H,8,9);(H3,1,2,3,4). The monoisotopic (exact) mass is 231 g/mol. The van der Waals surface area contributed by atoms with E-state index in [-0.39, 0.29) is 0 Å². The summed E-state index contributed by atoms with van der Waals surface area (Å²) < 4.78 is 8.88. The van der Waals surface area contributed by atoms with E-state index in [1.54, 1.807) is 0 Å². The molecule has 0 saturated carbocycles. The number of carboxylic acid groups (broad SMARTS) is 2. The molecule has 10 heteroatoms. The first kappa shape index (κ1) is 15.5. The summed E-state index contributed by atoms with van der Waals surface area (Å²) in [6.45, 7) is 0. The average molecular weight is 231 g/mol. The highest BCUT2D eigenvalue weighted by atomic mass is 31.2. The third-order valence-electron chi connectivity index (χ3n) is 0.712. The van der Waals surface area contributed by atoms with E-state index >= 15 is 0 Å². The molecule has 0 aliphatic carbocycles. The Morgan fingerprint density at radius 1 is 1.21 bits per heavy atom. The van der Waals surface area contributed by atoms with Gasteiger partial charge in [-0.3, -0.25) is 9.59 Å². The molecule has 0 amide bonds. The third kappa shape index (κ3) is 22.5. The predicted octanol–water partition coefficient (Wildman–Crippen LogP) is -2.06. The summed E-state index contributed by atoms with van der Waals surface area (Å²) in [5.74, 6) is -2.50. The van der Waals surface area contributed by atoms with Crippen LogP contribution in [0.5, 0.6) is 0 Å². The van der Waals surface area contributed by atoms with Gasteiger partial charge in [0.05, 0.1) is 6.42 Å². The Labute approximate surface area is 78.0 Å². The zero-order valence-electron chi connectivity index (χ0n) is 6.77. The average Bonchev–Trinajstić information content (AvgIpc) is 1.80. The van der Waals surface area contributed by atoms with Crippen molar-refractivity contribution in [3.8, 4) is 0 Å². The first-order chi connectivity index (χ1) is 6.04. The third-order valence-corrected chi connectivity index (χ3v) is 0.712. The fourth-order valence-corrected chi connectivity index (χ4v) is 0.275. The Balaban J connectivity index is 0. The Bertz CT molecular complexity index is 237. The van der Waals surface area contributed by atoms with E-state index in [9.17, 15) is 9.59 Å². The van der Waals surface area contributed by atoms with Crippen molar-refractivity contribution >= 4 is 19.8 Å². The van der Waals surface area contributed by atoms with E-state index in [2.05, 4.69) is 0 Å². The largest absolute Gasteiger partial charge is 0.481 e.